The molecule has 6 atom stereocenters. The summed E-state index contributed by atoms with van der Waals surface area (Å²) < 4.78 is 5.65. The van der Waals surface area contributed by atoms with Gasteiger partial charge >= 0.3 is 5.97 Å². The summed E-state index contributed by atoms with van der Waals surface area (Å²) >= 11 is 0. The highest BCUT2D eigenvalue weighted by atomic mass is 16.5. The highest BCUT2D eigenvalue weighted by Crippen LogP contribution is 2.63. The van der Waals surface area contributed by atoms with E-state index in [9.17, 15) is 14.4 Å². The van der Waals surface area contributed by atoms with Crippen LogP contribution in [0.3, 0.4) is 0 Å². The minimum Gasteiger partial charge on any atom is -0.458 e. The van der Waals surface area contributed by atoms with Crippen molar-refractivity contribution < 1.29 is 19.1 Å². The Kier molecular flexibility index (Phi) is 3.61. The second kappa shape index (κ2) is 5.39. The first-order chi connectivity index (χ1) is 11.8. The summed E-state index contributed by atoms with van der Waals surface area (Å²) in [5.41, 5.74) is 0.474. The summed E-state index contributed by atoms with van der Waals surface area (Å²) in [7, 11) is 0. The predicted octanol–water partition coefficient (Wildman–Crippen LogP) is 3.41. The molecule has 0 N–H and O–H groups in total. The number of ketones is 2. The summed E-state index contributed by atoms with van der Waals surface area (Å²) in [4.78, 5) is 36.2. The maximum Gasteiger partial charge on any atom is 0.303 e. The monoisotopic (exact) mass is 342 g/mol. The molecular formula is C21H26O4. The van der Waals surface area contributed by atoms with E-state index in [1.807, 2.05) is 6.08 Å². The van der Waals surface area contributed by atoms with Gasteiger partial charge < -0.3 is 4.74 Å². The van der Waals surface area contributed by atoms with Crippen molar-refractivity contribution in [3.05, 3.63) is 23.8 Å². The molecule has 0 aromatic carbocycles. The molecule has 4 rings (SSSR count). The van der Waals surface area contributed by atoms with Gasteiger partial charge in [0.1, 0.15) is 11.9 Å². The van der Waals surface area contributed by atoms with Crippen molar-refractivity contribution in [1.29, 1.82) is 0 Å². The third kappa shape index (κ3) is 2.29. The van der Waals surface area contributed by atoms with Gasteiger partial charge in [0.25, 0.3) is 0 Å². The Balaban J connectivity index is 1.76. The van der Waals surface area contributed by atoms with Crippen molar-refractivity contribution in [2.24, 2.45) is 28.6 Å². The minimum atomic E-state index is -0.351. The van der Waals surface area contributed by atoms with Gasteiger partial charge in [0.15, 0.2) is 5.78 Å². The molecular weight excluding hydrogens is 316 g/mol. The van der Waals surface area contributed by atoms with E-state index in [-0.39, 0.29) is 28.7 Å². The number of rotatable bonds is 1. The molecule has 0 spiro atoms. The van der Waals surface area contributed by atoms with Crippen molar-refractivity contribution in [3.8, 4) is 0 Å². The molecule has 25 heavy (non-hydrogen) atoms. The van der Waals surface area contributed by atoms with Crippen LogP contribution in [-0.4, -0.2) is 23.6 Å². The average molecular weight is 342 g/mol. The van der Waals surface area contributed by atoms with Gasteiger partial charge in [-0.15, -0.1) is 0 Å². The number of hydrogen-bond acceptors (Lipinski definition) is 4. The molecule has 4 heteroatoms. The van der Waals surface area contributed by atoms with Gasteiger partial charge in [0, 0.05) is 24.2 Å². The van der Waals surface area contributed by atoms with Crippen LogP contribution in [0.15, 0.2) is 23.8 Å². The van der Waals surface area contributed by atoms with E-state index in [1.54, 1.807) is 12.2 Å². The zero-order valence-corrected chi connectivity index (χ0v) is 15.2. The summed E-state index contributed by atoms with van der Waals surface area (Å²) in [5, 5.41) is 0. The lowest BCUT2D eigenvalue weighted by Crippen LogP contribution is -2.53. The standard InChI is InChI=1S/C21H26O4/c1-12(22)25-18-11-14-15-4-5-19(24)21(15,3)9-7-16(14)20(2)8-6-13(23)10-17(18)20/h6,8,10,14-16,18H,4-5,7,9,11H2,1-3H3/t14-,15-,16-,18+,20+,21-/m0/s1. The lowest BCUT2D eigenvalue weighted by Gasteiger charge is -2.57. The van der Waals surface area contributed by atoms with Crippen LogP contribution in [-0.2, 0) is 19.1 Å². The molecule has 0 aliphatic heterocycles. The Morgan fingerprint density at radius 3 is 2.68 bits per heavy atom. The van der Waals surface area contributed by atoms with E-state index in [2.05, 4.69) is 13.8 Å². The van der Waals surface area contributed by atoms with Gasteiger partial charge in [0.2, 0.25) is 0 Å². The molecule has 0 bridgehead atoms. The largest absolute Gasteiger partial charge is 0.458 e. The normalized spacial score (nSPS) is 45.3. The first kappa shape index (κ1) is 16.7. The molecule has 4 aliphatic carbocycles. The summed E-state index contributed by atoms with van der Waals surface area (Å²) in [5.74, 6) is 1.19. The molecule has 0 saturated heterocycles. The number of fused-ring (bicyclic) bond motifs is 5. The number of carbonyl (C=O) groups excluding carboxylic acids is 3. The highest BCUT2D eigenvalue weighted by Gasteiger charge is 2.60. The Morgan fingerprint density at radius 1 is 1.20 bits per heavy atom. The maximum atomic E-state index is 12.5. The average Bonchev–Trinajstić information content (AvgIpc) is 2.84. The molecule has 3 saturated carbocycles. The Hall–Kier alpha value is -1.71. The van der Waals surface area contributed by atoms with Gasteiger partial charge in [0.05, 0.1) is 0 Å². The van der Waals surface area contributed by atoms with Crippen molar-refractivity contribution in [3.63, 3.8) is 0 Å². The van der Waals surface area contributed by atoms with Crippen LogP contribution < -0.4 is 0 Å². The number of hydrogen-bond donors (Lipinski definition) is 0. The van der Waals surface area contributed by atoms with E-state index < -0.39 is 0 Å². The van der Waals surface area contributed by atoms with E-state index >= 15 is 0 Å². The summed E-state index contributed by atoms with van der Waals surface area (Å²) in [6.45, 7) is 5.74. The molecule has 0 radical (unpaired) electrons. The smallest absolute Gasteiger partial charge is 0.303 e. The molecule has 0 aromatic rings. The topological polar surface area (TPSA) is 60.4 Å². The number of allylic oxidation sites excluding steroid dienone is 3. The van der Waals surface area contributed by atoms with Gasteiger partial charge in [-0.1, -0.05) is 19.9 Å². The van der Waals surface area contributed by atoms with Gasteiger partial charge in [-0.3, -0.25) is 14.4 Å². The minimum absolute atomic E-state index is 0.0280. The van der Waals surface area contributed by atoms with Crippen LogP contribution in [0.2, 0.25) is 0 Å². The first-order valence-corrected chi connectivity index (χ1v) is 9.41. The number of esters is 1. The Labute approximate surface area is 148 Å². The van der Waals surface area contributed by atoms with Crippen LogP contribution >= 0.6 is 0 Å². The molecule has 0 amide bonds. The second-order valence-electron chi connectivity index (χ2n) is 8.75. The lowest BCUT2D eigenvalue weighted by atomic mass is 9.48. The first-order valence-electron chi connectivity index (χ1n) is 9.41. The van der Waals surface area contributed by atoms with Crippen molar-refractivity contribution in [1.82, 2.24) is 0 Å². The lowest BCUT2D eigenvalue weighted by molar-refractivity contribution is -0.151. The molecule has 0 unspecified atom stereocenters. The summed E-state index contributed by atoms with van der Waals surface area (Å²) in [6, 6.07) is 0. The van der Waals surface area contributed by atoms with Crippen molar-refractivity contribution in [2.45, 2.75) is 59.0 Å². The molecule has 4 aliphatic rings. The zero-order chi connectivity index (χ0) is 18.0. The van der Waals surface area contributed by atoms with Crippen LogP contribution in [0.5, 0.6) is 0 Å². The van der Waals surface area contributed by atoms with Gasteiger partial charge in [-0.05, 0) is 61.2 Å². The van der Waals surface area contributed by atoms with E-state index in [1.165, 1.54) is 6.92 Å². The molecule has 134 valence electrons. The van der Waals surface area contributed by atoms with Gasteiger partial charge in [-0.2, -0.15) is 0 Å². The number of Topliss-reactive ketones (excluding diaryl/α,β-unsaturated/α-hetero) is 1. The molecule has 3 fully saturated rings. The fraction of sp³-hybridized carbons (Fsp3) is 0.667. The third-order valence-corrected chi connectivity index (χ3v) is 7.57. The fourth-order valence-corrected chi connectivity index (χ4v) is 6.30. The van der Waals surface area contributed by atoms with Gasteiger partial charge in [-0.25, -0.2) is 0 Å². The van der Waals surface area contributed by atoms with Crippen molar-refractivity contribution >= 4 is 17.5 Å². The van der Waals surface area contributed by atoms with Crippen molar-refractivity contribution in [2.75, 3.05) is 0 Å². The van der Waals surface area contributed by atoms with E-state index in [0.717, 1.165) is 31.3 Å². The van der Waals surface area contributed by atoms with Crippen LogP contribution in [0.4, 0.5) is 0 Å². The SMILES string of the molecule is CC(=O)O[C@@H]1C[C@@H]2[C@H](CC[C@]3(C)C(=O)CC[C@@H]23)[C@@]2(C)C=CC(=O)C=C12. The van der Waals surface area contributed by atoms with E-state index in [0.29, 0.717) is 30.0 Å². The Bertz CT molecular complexity index is 717. The number of carbonyl (C=O) groups is 3. The Morgan fingerprint density at radius 2 is 1.96 bits per heavy atom. The predicted molar refractivity (Wildman–Crippen MR) is 92.6 cm³/mol. The fourth-order valence-electron chi connectivity index (χ4n) is 6.30. The third-order valence-electron chi connectivity index (χ3n) is 7.57. The molecule has 0 aromatic heterocycles. The second-order valence-corrected chi connectivity index (χ2v) is 8.75. The zero-order valence-electron chi connectivity index (χ0n) is 15.2. The van der Waals surface area contributed by atoms with Crippen LogP contribution in [0.25, 0.3) is 0 Å². The van der Waals surface area contributed by atoms with E-state index in [4.69, 9.17) is 4.74 Å². The molecule has 4 nitrogen and oxygen atoms in total. The highest BCUT2D eigenvalue weighted by molar-refractivity contribution is 6.01. The van der Waals surface area contributed by atoms with Crippen LogP contribution in [0, 0.1) is 28.6 Å². The summed E-state index contributed by atoms with van der Waals surface area (Å²) in [6.07, 6.45) is 9.29. The van der Waals surface area contributed by atoms with Crippen LogP contribution in [0.1, 0.15) is 52.9 Å². The quantitative estimate of drug-likeness (QED) is 0.685. The number of ether oxygens (including phenoxy) is 1. The molecule has 0 heterocycles. The maximum absolute atomic E-state index is 12.5.